The minimum absolute atomic E-state index is 0.527. The second-order valence-corrected chi connectivity index (χ2v) is 5.62. The predicted octanol–water partition coefficient (Wildman–Crippen LogP) is 4.80. The molecular formula is C14H10BrClN2O. The van der Waals surface area contributed by atoms with E-state index in [9.17, 15) is 0 Å². The van der Waals surface area contributed by atoms with Crippen molar-refractivity contribution >= 4 is 44.3 Å². The Morgan fingerprint density at radius 3 is 2.84 bits per heavy atom. The summed E-state index contributed by atoms with van der Waals surface area (Å²) in [5, 5.41) is 0.650. The highest BCUT2D eigenvalue weighted by Crippen LogP contribution is 2.33. The highest BCUT2D eigenvalue weighted by molar-refractivity contribution is 9.10. The zero-order chi connectivity index (χ0) is 13.6. The van der Waals surface area contributed by atoms with Crippen molar-refractivity contribution in [1.29, 1.82) is 0 Å². The number of aromatic nitrogens is 1. The van der Waals surface area contributed by atoms with Gasteiger partial charge in [-0.15, -0.1) is 0 Å². The monoisotopic (exact) mass is 336 g/mol. The van der Waals surface area contributed by atoms with E-state index in [2.05, 4.69) is 20.9 Å². The number of oxazole rings is 1. The van der Waals surface area contributed by atoms with Crippen LogP contribution in [0, 0.1) is 6.92 Å². The smallest absolute Gasteiger partial charge is 0.228 e. The summed E-state index contributed by atoms with van der Waals surface area (Å²) >= 11 is 9.50. The van der Waals surface area contributed by atoms with Crippen molar-refractivity contribution in [2.45, 2.75) is 6.92 Å². The largest absolute Gasteiger partial charge is 0.436 e. The summed E-state index contributed by atoms with van der Waals surface area (Å²) in [5.74, 6) is 0.527. The summed E-state index contributed by atoms with van der Waals surface area (Å²) in [5.41, 5.74) is 9.74. The van der Waals surface area contributed by atoms with Crippen LogP contribution >= 0.6 is 27.5 Å². The molecule has 3 nitrogen and oxygen atoms in total. The third-order valence-electron chi connectivity index (χ3n) is 2.86. The van der Waals surface area contributed by atoms with Crippen molar-refractivity contribution in [2.24, 2.45) is 0 Å². The van der Waals surface area contributed by atoms with Crippen LogP contribution in [0.3, 0.4) is 0 Å². The first-order valence-corrected chi connectivity index (χ1v) is 6.84. The van der Waals surface area contributed by atoms with Crippen molar-refractivity contribution in [3.05, 3.63) is 45.4 Å². The average Bonchev–Trinajstić information content (AvgIpc) is 2.76. The number of anilines is 1. The van der Waals surface area contributed by atoms with Gasteiger partial charge in [0.05, 0.1) is 5.56 Å². The van der Waals surface area contributed by atoms with Gasteiger partial charge in [-0.1, -0.05) is 11.6 Å². The van der Waals surface area contributed by atoms with Crippen LogP contribution < -0.4 is 5.73 Å². The van der Waals surface area contributed by atoms with Crippen LogP contribution in [0.1, 0.15) is 5.56 Å². The normalized spacial score (nSPS) is 11.1. The molecule has 19 heavy (non-hydrogen) atoms. The summed E-state index contributed by atoms with van der Waals surface area (Å²) in [7, 11) is 0. The first kappa shape index (κ1) is 12.5. The van der Waals surface area contributed by atoms with E-state index in [0.717, 1.165) is 26.7 Å². The maximum atomic E-state index is 6.02. The number of hydrogen-bond donors (Lipinski definition) is 1. The molecule has 3 rings (SSSR count). The van der Waals surface area contributed by atoms with E-state index in [0.29, 0.717) is 16.6 Å². The lowest BCUT2D eigenvalue weighted by Gasteiger charge is -2.00. The van der Waals surface area contributed by atoms with Crippen molar-refractivity contribution in [1.82, 2.24) is 4.98 Å². The number of benzene rings is 2. The SMILES string of the molecule is Cc1cc(Cl)cc2nc(-c3cc(N)ccc3Br)oc12. The maximum absolute atomic E-state index is 6.02. The molecule has 0 bridgehead atoms. The minimum atomic E-state index is 0.527. The topological polar surface area (TPSA) is 52.0 Å². The van der Waals surface area contributed by atoms with Crippen molar-refractivity contribution in [3.63, 3.8) is 0 Å². The number of halogens is 2. The molecule has 5 heteroatoms. The Kier molecular flexibility index (Phi) is 2.99. The van der Waals surface area contributed by atoms with Gasteiger partial charge in [0.15, 0.2) is 5.58 Å². The van der Waals surface area contributed by atoms with Gasteiger partial charge < -0.3 is 10.2 Å². The average molecular weight is 338 g/mol. The quantitative estimate of drug-likeness (QED) is 0.649. The Bertz CT molecular complexity index is 782. The van der Waals surface area contributed by atoms with Crippen molar-refractivity contribution < 1.29 is 4.42 Å². The molecule has 96 valence electrons. The van der Waals surface area contributed by atoms with Gasteiger partial charge >= 0.3 is 0 Å². The van der Waals surface area contributed by atoms with E-state index < -0.39 is 0 Å². The standard InChI is InChI=1S/C14H10BrClN2O/c1-7-4-8(16)5-12-13(7)19-14(18-12)10-6-9(17)2-3-11(10)15/h2-6H,17H2,1H3. The van der Waals surface area contributed by atoms with Crippen LogP contribution in [0.15, 0.2) is 39.2 Å². The molecule has 0 unspecified atom stereocenters. The Labute approximate surface area is 123 Å². The molecule has 0 radical (unpaired) electrons. The zero-order valence-electron chi connectivity index (χ0n) is 10.1. The number of rotatable bonds is 1. The first-order valence-electron chi connectivity index (χ1n) is 5.66. The number of hydrogen-bond acceptors (Lipinski definition) is 3. The van der Waals surface area contributed by atoms with Crippen LogP contribution in [0.25, 0.3) is 22.6 Å². The minimum Gasteiger partial charge on any atom is -0.436 e. The highest BCUT2D eigenvalue weighted by atomic mass is 79.9. The van der Waals surface area contributed by atoms with Gasteiger partial charge in [0, 0.05) is 15.2 Å². The van der Waals surface area contributed by atoms with Crippen LogP contribution in [0.2, 0.25) is 5.02 Å². The molecule has 0 aliphatic rings. The Balaban J connectivity index is 2.26. The second-order valence-electron chi connectivity index (χ2n) is 4.33. The lowest BCUT2D eigenvalue weighted by molar-refractivity contribution is 0.617. The third-order valence-corrected chi connectivity index (χ3v) is 3.77. The van der Waals surface area contributed by atoms with Gasteiger partial charge in [-0.2, -0.15) is 0 Å². The Hall–Kier alpha value is -1.52. The molecule has 0 spiro atoms. The molecule has 0 fully saturated rings. The molecule has 0 saturated heterocycles. The molecule has 0 amide bonds. The number of nitrogens with two attached hydrogens (primary N) is 1. The van der Waals surface area contributed by atoms with Gasteiger partial charge in [-0.05, 0) is 58.7 Å². The fourth-order valence-electron chi connectivity index (χ4n) is 1.98. The molecule has 0 atom stereocenters. The molecule has 1 heterocycles. The second kappa shape index (κ2) is 4.54. The fourth-order valence-corrected chi connectivity index (χ4v) is 2.66. The summed E-state index contributed by atoms with van der Waals surface area (Å²) in [4.78, 5) is 4.47. The van der Waals surface area contributed by atoms with E-state index in [1.165, 1.54) is 0 Å². The number of fused-ring (bicyclic) bond motifs is 1. The van der Waals surface area contributed by atoms with Gasteiger partial charge in [0.1, 0.15) is 5.52 Å². The van der Waals surface area contributed by atoms with Crippen molar-refractivity contribution in [2.75, 3.05) is 5.73 Å². The van der Waals surface area contributed by atoms with Gasteiger partial charge in [0.25, 0.3) is 0 Å². The predicted molar refractivity (Wildman–Crippen MR) is 81.3 cm³/mol. The molecule has 0 saturated carbocycles. The highest BCUT2D eigenvalue weighted by Gasteiger charge is 2.13. The van der Waals surface area contributed by atoms with E-state index in [-0.39, 0.29) is 0 Å². The summed E-state index contributed by atoms with van der Waals surface area (Å²) in [6, 6.07) is 9.16. The van der Waals surface area contributed by atoms with Crippen LogP contribution in [0.4, 0.5) is 5.69 Å². The van der Waals surface area contributed by atoms with Crippen LogP contribution in [-0.2, 0) is 0 Å². The van der Waals surface area contributed by atoms with E-state index in [4.69, 9.17) is 21.8 Å². The first-order chi connectivity index (χ1) is 9.04. The zero-order valence-corrected chi connectivity index (χ0v) is 12.4. The van der Waals surface area contributed by atoms with E-state index in [1.54, 1.807) is 6.07 Å². The summed E-state index contributed by atoms with van der Waals surface area (Å²) in [6.45, 7) is 1.94. The molecule has 2 aromatic carbocycles. The molecule has 2 N–H and O–H groups in total. The van der Waals surface area contributed by atoms with Gasteiger partial charge in [-0.3, -0.25) is 0 Å². The molecule has 1 aromatic heterocycles. The van der Waals surface area contributed by atoms with Crippen molar-refractivity contribution in [3.8, 4) is 11.5 Å². The Morgan fingerprint density at radius 1 is 1.26 bits per heavy atom. The third kappa shape index (κ3) is 2.22. The number of nitrogens with zero attached hydrogens (tertiary/aromatic N) is 1. The molecule has 0 aliphatic heterocycles. The Morgan fingerprint density at radius 2 is 2.05 bits per heavy atom. The summed E-state index contributed by atoms with van der Waals surface area (Å²) < 4.78 is 6.71. The maximum Gasteiger partial charge on any atom is 0.228 e. The number of aryl methyl sites for hydroxylation is 1. The van der Waals surface area contributed by atoms with Gasteiger partial charge in [-0.25, -0.2) is 4.98 Å². The molecule has 0 aliphatic carbocycles. The van der Waals surface area contributed by atoms with Crippen LogP contribution in [-0.4, -0.2) is 4.98 Å². The van der Waals surface area contributed by atoms with Gasteiger partial charge in [0.2, 0.25) is 5.89 Å². The molecule has 3 aromatic rings. The molecular weight excluding hydrogens is 328 g/mol. The lowest BCUT2D eigenvalue weighted by Crippen LogP contribution is -1.86. The van der Waals surface area contributed by atoms with Crippen LogP contribution in [0.5, 0.6) is 0 Å². The fraction of sp³-hybridized carbons (Fsp3) is 0.0714. The van der Waals surface area contributed by atoms with E-state index >= 15 is 0 Å². The number of nitrogen functional groups attached to an aromatic ring is 1. The van der Waals surface area contributed by atoms with E-state index in [1.807, 2.05) is 31.2 Å². The lowest BCUT2D eigenvalue weighted by atomic mass is 10.2. The summed E-state index contributed by atoms with van der Waals surface area (Å²) in [6.07, 6.45) is 0.